The van der Waals surface area contributed by atoms with Crippen molar-refractivity contribution in [3.63, 3.8) is 0 Å². The van der Waals surface area contributed by atoms with Crippen molar-refractivity contribution in [3.05, 3.63) is 42.5 Å². The summed E-state index contributed by atoms with van der Waals surface area (Å²) in [5.41, 5.74) is 0. The number of rotatable bonds is 4. The number of esters is 2. The molecular weight excluding hydrogens is 256 g/mol. The molecule has 106 valence electrons. The summed E-state index contributed by atoms with van der Waals surface area (Å²) in [6.45, 7) is 0. The lowest BCUT2D eigenvalue weighted by atomic mass is 9.98. The highest BCUT2D eigenvalue weighted by Crippen LogP contribution is 2.20. The predicted molar refractivity (Wildman–Crippen MR) is 74.2 cm³/mol. The van der Waals surface area contributed by atoms with Gasteiger partial charge in [-0.1, -0.05) is 24.6 Å². The molecule has 4 nitrogen and oxygen atoms in total. The van der Waals surface area contributed by atoms with Crippen molar-refractivity contribution in [1.29, 1.82) is 0 Å². The summed E-state index contributed by atoms with van der Waals surface area (Å²) in [5.74, 6) is -0.624. The number of hydrogen-bond acceptors (Lipinski definition) is 4. The highest BCUT2D eigenvalue weighted by atomic mass is 16.5. The van der Waals surface area contributed by atoms with Gasteiger partial charge in [0.15, 0.2) is 0 Å². The Morgan fingerprint density at radius 3 is 2.30 bits per heavy atom. The zero-order chi connectivity index (χ0) is 14.2. The summed E-state index contributed by atoms with van der Waals surface area (Å²) in [7, 11) is 0. The summed E-state index contributed by atoms with van der Waals surface area (Å²) >= 11 is 0. The van der Waals surface area contributed by atoms with Gasteiger partial charge in [0.25, 0.3) is 0 Å². The molecule has 0 unspecified atom stereocenters. The van der Waals surface area contributed by atoms with Crippen LogP contribution in [-0.4, -0.2) is 18.0 Å². The van der Waals surface area contributed by atoms with Crippen LogP contribution in [0.15, 0.2) is 42.5 Å². The molecule has 0 spiro atoms. The van der Waals surface area contributed by atoms with E-state index in [1.165, 1.54) is 6.42 Å². The third-order valence-electron chi connectivity index (χ3n) is 3.15. The normalized spacial score (nSPS) is 16.0. The number of para-hydroxylation sites is 1. The average Bonchev–Trinajstić information content (AvgIpc) is 2.47. The number of hydrogen-bond donors (Lipinski definition) is 0. The van der Waals surface area contributed by atoms with Crippen LogP contribution in [-0.2, 0) is 14.3 Å². The van der Waals surface area contributed by atoms with Gasteiger partial charge in [-0.25, -0.2) is 9.59 Å². The van der Waals surface area contributed by atoms with Crippen LogP contribution in [0.3, 0.4) is 0 Å². The minimum absolute atomic E-state index is 0.00829. The standard InChI is InChI=1S/C16H18O4/c17-15(19-13-7-3-1-4-8-13)11-12-16(18)20-14-9-5-2-6-10-14/h1,3-4,7-8,11-12,14H,2,5-6,9-10H2/b12-11+. The molecule has 0 aromatic heterocycles. The van der Waals surface area contributed by atoms with Gasteiger partial charge in [-0.15, -0.1) is 0 Å². The Balaban J connectivity index is 1.76. The largest absolute Gasteiger partial charge is 0.459 e. The first-order valence-corrected chi connectivity index (χ1v) is 6.89. The van der Waals surface area contributed by atoms with E-state index in [0.717, 1.165) is 37.8 Å². The smallest absolute Gasteiger partial charge is 0.336 e. The first kappa shape index (κ1) is 14.3. The van der Waals surface area contributed by atoms with Gasteiger partial charge in [0.05, 0.1) is 0 Å². The quantitative estimate of drug-likeness (QED) is 0.481. The fraction of sp³-hybridized carbons (Fsp3) is 0.375. The summed E-state index contributed by atoms with van der Waals surface area (Å²) < 4.78 is 10.3. The second-order valence-corrected chi connectivity index (χ2v) is 4.76. The maximum atomic E-state index is 11.6. The molecule has 1 aromatic rings. The van der Waals surface area contributed by atoms with Gasteiger partial charge in [0.1, 0.15) is 11.9 Å². The first-order chi connectivity index (χ1) is 9.74. The Morgan fingerprint density at radius 2 is 1.60 bits per heavy atom. The number of carbonyl (C=O) groups excluding carboxylic acids is 2. The fourth-order valence-electron chi connectivity index (χ4n) is 2.16. The molecule has 0 radical (unpaired) electrons. The minimum atomic E-state index is -0.586. The minimum Gasteiger partial charge on any atom is -0.459 e. The van der Waals surface area contributed by atoms with E-state index in [4.69, 9.17) is 9.47 Å². The summed E-state index contributed by atoms with van der Waals surface area (Å²) in [6, 6.07) is 8.71. The highest BCUT2D eigenvalue weighted by Gasteiger charge is 2.16. The van der Waals surface area contributed by atoms with E-state index in [0.29, 0.717) is 5.75 Å². The van der Waals surface area contributed by atoms with Crippen molar-refractivity contribution in [1.82, 2.24) is 0 Å². The van der Waals surface area contributed by atoms with Crippen LogP contribution in [0.5, 0.6) is 5.75 Å². The van der Waals surface area contributed by atoms with Crippen molar-refractivity contribution in [2.24, 2.45) is 0 Å². The fourth-order valence-corrected chi connectivity index (χ4v) is 2.16. The van der Waals surface area contributed by atoms with Gasteiger partial charge >= 0.3 is 11.9 Å². The SMILES string of the molecule is O=C(/C=C/C(=O)OC1CCCCC1)Oc1ccccc1. The number of benzene rings is 1. The Kier molecular flexibility index (Phi) is 5.35. The Hall–Kier alpha value is -2.10. The lowest BCUT2D eigenvalue weighted by Gasteiger charge is -2.20. The van der Waals surface area contributed by atoms with Crippen LogP contribution in [0.2, 0.25) is 0 Å². The van der Waals surface area contributed by atoms with E-state index in [2.05, 4.69) is 0 Å². The van der Waals surface area contributed by atoms with Crippen molar-refractivity contribution in [2.45, 2.75) is 38.2 Å². The first-order valence-electron chi connectivity index (χ1n) is 6.89. The molecule has 0 atom stereocenters. The van der Waals surface area contributed by atoms with Gasteiger partial charge in [0.2, 0.25) is 0 Å². The van der Waals surface area contributed by atoms with Crippen molar-refractivity contribution < 1.29 is 19.1 Å². The Labute approximate surface area is 118 Å². The predicted octanol–water partition coefficient (Wildman–Crippen LogP) is 3.02. The van der Waals surface area contributed by atoms with Crippen molar-refractivity contribution in [3.8, 4) is 5.75 Å². The monoisotopic (exact) mass is 274 g/mol. The highest BCUT2D eigenvalue weighted by molar-refractivity contribution is 5.92. The zero-order valence-corrected chi connectivity index (χ0v) is 11.3. The van der Waals surface area contributed by atoms with Crippen LogP contribution in [0.25, 0.3) is 0 Å². The van der Waals surface area contributed by atoms with E-state index >= 15 is 0 Å². The molecule has 1 aromatic carbocycles. The molecule has 4 heteroatoms. The van der Waals surface area contributed by atoms with E-state index in [9.17, 15) is 9.59 Å². The molecule has 20 heavy (non-hydrogen) atoms. The molecular formula is C16H18O4. The van der Waals surface area contributed by atoms with Crippen LogP contribution in [0.1, 0.15) is 32.1 Å². The molecule has 0 aliphatic heterocycles. The summed E-state index contributed by atoms with van der Waals surface area (Å²) in [4.78, 5) is 23.0. The molecule has 0 amide bonds. The van der Waals surface area contributed by atoms with E-state index < -0.39 is 11.9 Å². The van der Waals surface area contributed by atoms with Crippen molar-refractivity contribution >= 4 is 11.9 Å². The molecule has 0 heterocycles. The van der Waals surface area contributed by atoms with E-state index in [1.54, 1.807) is 24.3 Å². The lowest BCUT2D eigenvalue weighted by molar-refractivity contribution is -0.144. The molecule has 1 fully saturated rings. The topological polar surface area (TPSA) is 52.6 Å². The van der Waals surface area contributed by atoms with E-state index in [-0.39, 0.29) is 6.10 Å². The third-order valence-corrected chi connectivity index (χ3v) is 3.15. The molecule has 0 N–H and O–H groups in total. The maximum absolute atomic E-state index is 11.6. The molecule has 1 aliphatic rings. The Bertz CT molecular complexity index is 473. The van der Waals surface area contributed by atoms with Gasteiger partial charge in [-0.3, -0.25) is 0 Å². The number of carbonyl (C=O) groups is 2. The van der Waals surface area contributed by atoms with Crippen LogP contribution < -0.4 is 4.74 Å². The van der Waals surface area contributed by atoms with Gasteiger partial charge in [-0.2, -0.15) is 0 Å². The maximum Gasteiger partial charge on any atom is 0.336 e. The summed E-state index contributed by atoms with van der Waals surface area (Å²) in [6.07, 6.45) is 7.43. The van der Waals surface area contributed by atoms with Crippen molar-refractivity contribution in [2.75, 3.05) is 0 Å². The summed E-state index contributed by atoms with van der Waals surface area (Å²) in [5, 5.41) is 0. The molecule has 2 rings (SSSR count). The average molecular weight is 274 g/mol. The molecule has 1 aliphatic carbocycles. The van der Waals surface area contributed by atoms with Gasteiger partial charge in [0, 0.05) is 12.2 Å². The third kappa shape index (κ3) is 4.88. The second kappa shape index (κ2) is 7.48. The molecule has 0 saturated heterocycles. The van der Waals surface area contributed by atoms with Crippen LogP contribution in [0.4, 0.5) is 0 Å². The zero-order valence-electron chi connectivity index (χ0n) is 11.3. The number of ether oxygens (including phenoxy) is 2. The molecule has 1 saturated carbocycles. The second-order valence-electron chi connectivity index (χ2n) is 4.76. The van der Waals surface area contributed by atoms with Gasteiger partial charge < -0.3 is 9.47 Å². The molecule has 0 bridgehead atoms. The lowest BCUT2D eigenvalue weighted by Crippen LogP contribution is -2.19. The Morgan fingerprint density at radius 1 is 0.950 bits per heavy atom. The van der Waals surface area contributed by atoms with Crippen LogP contribution >= 0.6 is 0 Å². The van der Waals surface area contributed by atoms with Gasteiger partial charge in [-0.05, 0) is 37.8 Å². The van der Waals surface area contributed by atoms with E-state index in [1.807, 2.05) is 6.07 Å². The van der Waals surface area contributed by atoms with Crippen LogP contribution in [0, 0.1) is 0 Å².